The van der Waals surface area contributed by atoms with Crippen molar-refractivity contribution in [3.8, 4) is 0 Å². The molecule has 22 nitrogen and oxygen atoms in total. The molecule has 3 fully saturated rings. The number of ether oxygens (including phenoxy) is 3. The minimum Gasteiger partial charge on any atom is -0.394 e. The third-order valence-corrected chi connectivity index (χ3v) is 9.16. The zero-order valence-electron chi connectivity index (χ0n) is 27.1. The number of nitrogens with one attached hydrogen (secondary N) is 2. The highest BCUT2D eigenvalue weighted by molar-refractivity contribution is 8.00. The first-order valence-electron chi connectivity index (χ1n) is 15.6. The summed E-state index contributed by atoms with van der Waals surface area (Å²) >= 11 is 1.47. The van der Waals surface area contributed by atoms with Crippen molar-refractivity contribution in [2.75, 3.05) is 31.3 Å². The number of fused-ring (bicyclic) bond motifs is 1. The molecular formula is C28H36N12O10S. The van der Waals surface area contributed by atoms with E-state index in [1.165, 1.54) is 33.4 Å². The van der Waals surface area contributed by atoms with Gasteiger partial charge in [-0.15, -0.1) is 11.8 Å². The fourth-order valence-electron chi connectivity index (χ4n) is 5.47. The summed E-state index contributed by atoms with van der Waals surface area (Å²) in [6, 6.07) is 1.00. The summed E-state index contributed by atoms with van der Waals surface area (Å²) < 4.78 is 20.8. The van der Waals surface area contributed by atoms with E-state index in [9.17, 15) is 19.2 Å². The van der Waals surface area contributed by atoms with Gasteiger partial charge in [0.25, 0.3) is 11.1 Å². The molecule has 0 aromatic carbocycles. The van der Waals surface area contributed by atoms with E-state index in [4.69, 9.17) is 40.8 Å². The molecule has 274 valence electrons. The number of aromatic nitrogens is 8. The van der Waals surface area contributed by atoms with Gasteiger partial charge < -0.3 is 40.2 Å². The molecule has 0 unspecified atom stereocenters. The van der Waals surface area contributed by atoms with Crippen LogP contribution in [-0.4, -0.2) is 103 Å². The van der Waals surface area contributed by atoms with Gasteiger partial charge in [0.15, 0.2) is 11.2 Å². The monoisotopic (exact) mass is 732 g/mol. The number of hydrogen-bond donors (Lipinski definition) is 6. The summed E-state index contributed by atoms with van der Waals surface area (Å²) in [5.41, 5.74) is 13.0. The van der Waals surface area contributed by atoms with Crippen LogP contribution in [0.4, 0.5) is 5.82 Å². The lowest BCUT2D eigenvalue weighted by molar-refractivity contribution is -0.0271. The summed E-state index contributed by atoms with van der Waals surface area (Å²) in [6.45, 7) is 1.21. The van der Waals surface area contributed by atoms with E-state index >= 15 is 0 Å². The number of nitrogen functional groups attached to an aromatic ring is 1. The van der Waals surface area contributed by atoms with Crippen molar-refractivity contribution in [2.45, 2.75) is 68.6 Å². The standard InChI is InChI=1S/C10H13N5O4.C10H12N4O3.C8H11N3O3S/c1-5-3-15(10(18)12-9(5)17)8-2-6(13-14-11)7(4-16)19-8;15-3-6-1-2-7(17-6)14-5-13-8-9(14)11-4-12-10(8)16;9-5-1-2-11(8(13)10-5)6-4-15-7(3-12)14-6/h3,6-8,16H,2,4H2,1H3,(H,12,17,18);4-7,15H,1-3H2,(H,11,12,16);1-2,6-7,12H,3-4H2,(H2,9,10,13)/t6-,7+,8+;2*6-,7+/m000/s1. The van der Waals surface area contributed by atoms with Gasteiger partial charge in [0.05, 0.1) is 50.7 Å². The van der Waals surface area contributed by atoms with Crippen LogP contribution in [0.1, 0.15) is 43.5 Å². The molecule has 3 aliphatic rings. The first-order chi connectivity index (χ1) is 24.6. The molecule has 7 atom stereocenters. The summed E-state index contributed by atoms with van der Waals surface area (Å²) in [4.78, 5) is 65.0. The first kappa shape index (κ1) is 37.4. The quantitative estimate of drug-likeness (QED) is 0.0754. The topological polar surface area (TPSA) is 316 Å². The van der Waals surface area contributed by atoms with Gasteiger partial charge in [-0.25, -0.2) is 19.6 Å². The number of aliphatic hydroxyl groups is 3. The molecular weight excluding hydrogens is 696 g/mol. The lowest BCUT2D eigenvalue weighted by Crippen LogP contribution is -2.33. The zero-order chi connectivity index (χ0) is 36.7. The molecule has 0 saturated carbocycles. The average Bonchev–Trinajstić information content (AvgIpc) is 3.93. The molecule has 7 heterocycles. The Bertz CT molecular complexity index is 2090. The van der Waals surface area contributed by atoms with E-state index < -0.39 is 35.3 Å². The highest BCUT2D eigenvalue weighted by atomic mass is 32.2. The third-order valence-electron chi connectivity index (χ3n) is 8.05. The van der Waals surface area contributed by atoms with Crippen LogP contribution < -0.4 is 28.2 Å². The van der Waals surface area contributed by atoms with Crippen molar-refractivity contribution in [1.82, 2.24) is 38.6 Å². The smallest absolute Gasteiger partial charge is 0.351 e. The number of nitrogens with two attached hydrogens (primary N) is 1. The van der Waals surface area contributed by atoms with Crippen LogP contribution in [0.5, 0.6) is 0 Å². The van der Waals surface area contributed by atoms with Gasteiger partial charge in [-0.05, 0) is 31.4 Å². The van der Waals surface area contributed by atoms with Crippen molar-refractivity contribution < 1.29 is 29.5 Å². The molecule has 0 bridgehead atoms. The number of aromatic amines is 2. The minimum atomic E-state index is -0.671. The molecule has 4 aromatic rings. The Morgan fingerprint density at radius 2 is 1.82 bits per heavy atom. The van der Waals surface area contributed by atoms with Crippen molar-refractivity contribution in [1.29, 1.82) is 0 Å². The second-order valence-corrected chi connectivity index (χ2v) is 12.6. The summed E-state index contributed by atoms with van der Waals surface area (Å²) in [5, 5.41) is 30.6. The predicted octanol–water partition coefficient (Wildman–Crippen LogP) is -1.00. The second kappa shape index (κ2) is 16.9. The molecule has 4 aromatic heterocycles. The molecule has 23 heteroatoms. The van der Waals surface area contributed by atoms with Crippen LogP contribution in [0.2, 0.25) is 0 Å². The number of imidazole rings is 1. The van der Waals surface area contributed by atoms with Gasteiger partial charge in [0.2, 0.25) is 0 Å². The van der Waals surface area contributed by atoms with Crippen molar-refractivity contribution >= 4 is 28.7 Å². The van der Waals surface area contributed by atoms with Crippen LogP contribution in [0.15, 0.2) is 55.4 Å². The molecule has 0 amide bonds. The lowest BCUT2D eigenvalue weighted by atomic mass is 10.1. The van der Waals surface area contributed by atoms with E-state index in [1.807, 2.05) is 0 Å². The van der Waals surface area contributed by atoms with Gasteiger partial charge in [-0.1, -0.05) is 5.11 Å². The Kier molecular flexibility index (Phi) is 12.4. The van der Waals surface area contributed by atoms with Crippen molar-refractivity contribution in [3.63, 3.8) is 0 Å². The number of anilines is 1. The Morgan fingerprint density at radius 3 is 2.49 bits per heavy atom. The molecule has 7 N–H and O–H groups in total. The summed E-state index contributed by atoms with van der Waals surface area (Å²) in [5.74, 6) is 0.817. The van der Waals surface area contributed by atoms with E-state index in [1.54, 1.807) is 30.1 Å². The van der Waals surface area contributed by atoms with Gasteiger partial charge in [-0.3, -0.25) is 28.3 Å². The fourth-order valence-corrected chi connectivity index (χ4v) is 6.40. The number of rotatable bonds is 7. The molecule has 0 radical (unpaired) electrons. The zero-order valence-corrected chi connectivity index (χ0v) is 27.9. The number of thioether (sulfide) groups is 1. The number of azide groups is 1. The third kappa shape index (κ3) is 8.72. The largest absolute Gasteiger partial charge is 0.394 e. The number of nitrogens with zero attached hydrogens (tertiary/aromatic N) is 9. The summed E-state index contributed by atoms with van der Waals surface area (Å²) in [6.07, 6.45) is 5.65. The van der Waals surface area contributed by atoms with Gasteiger partial charge >= 0.3 is 11.4 Å². The maximum Gasteiger partial charge on any atom is 0.351 e. The molecule has 0 aliphatic carbocycles. The highest BCUT2D eigenvalue weighted by Crippen LogP contribution is 2.31. The van der Waals surface area contributed by atoms with Crippen molar-refractivity contribution in [2.24, 2.45) is 5.11 Å². The number of H-pyrrole nitrogens is 2. The van der Waals surface area contributed by atoms with Crippen LogP contribution in [0.3, 0.4) is 0 Å². The van der Waals surface area contributed by atoms with Crippen molar-refractivity contribution in [3.05, 3.63) is 88.8 Å². The minimum absolute atomic E-state index is 0.0111. The van der Waals surface area contributed by atoms with Gasteiger partial charge in [-0.2, -0.15) is 4.98 Å². The molecule has 0 spiro atoms. The van der Waals surface area contributed by atoms with Gasteiger partial charge in [0.1, 0.15) is 29.9 Å². The number of aliphatic hydroxyl groups excluding tert-OH is 3. The SMILES string of the molecule is Cc1cn([C@H]2C[C@H](N=[N+]=[N-])[C@@H](CO)O2)c(=O)[nH]c1=O.Nc1ccn([C@@H]2CS[C@H](CO)O2)c(=O)n1.O=c1[nH]cnc2c1ncn2[C@H]1CC[C@@H](CO)O1. The maximum atomic E-state index is 11.7. The second-order valence-electron chi connectivity index (χ2n) is 11.4. The molecule has 7 rings (SSSR count). The van der Waals surface area contributed by atoms with E-state index in [0.717, 1.165) is 12.8 Å². The van der Waals surface area contributed by atoms with Gasteiger partial charge in [0, 0.05) is 35.0 Å². The Balaban J connectivity index is 0.000000149. The maximum absolute atomic E-state index is 11.7. The van der Waals surface area contributed by atoms with E-state index in [-0.39, 0.29) is 61.6 Å². The summed E-state index contributed by atoms with van der Waals surface area (Å²) in [7, 11) is 0. The van der Waals surface area contributed by atoms with Crippen LogP contribution >= 0.6 is 11.8 Å². The van der Waals surface area contributed by atoms with E-state index in [0.29, 0.717) is 22.5 Å². The number of hydrogen-bond acceptors (Lipinski definition) is 16. The Hall–Kier alpha value is -4.87. The van der Waals surface area contributed by atoms with E-state index in [2.05, 4.69) is 34.9 Å². The molecule has 51 heavy (non-hydrogen) atoms. The normalized spacial score (nSPS) is 25.5. The lowest BCUT2D eigenvalue weighted by Gasteiger charge is -2.14. The molecule has 3 saturated heterocycles. The first-order valence-corrected chi connectivity index (χ1v) is 16.6. The highest BCUT2D eigenvalue weighted by Gasteiger charge is 2.36. The van der Waals surface area contributed by atoms with Crippen LogP contribution in [-0.2, 0) is 14.2 Å². The molecule has 3 aliphatic heterocycles. The van der Waals surface area contributed by atoms with Crippen LogP contribution in [0.25, 0.3) is 21.6 Å². The van der Waals surface area contributed by atoms with Crippen LogP contribution in [0, 0.1) is 6.92 Å². The number of aryl methyl sites for hydroxylation is 1. The average molecular weight is 733 g/mol. The fraction of sp³-hybridized carbons (Fsp3) is 0.536. The Morgan fingerprint density at radius 1 is 1.02 bits per heavy atom. The predicted molar refractivity (Wildman–Crippen MR) is 179 cm³/mol. The Labute approximate surface area is 290 Å².